The summed E-state index contributed by atoms with van der Waals surface area (Å²) in [6.07, 6.45) is 3.78. The van der Waals surface area contributed by atoms with Crippen molar-refractivity contribution in [2.24, 2.45) is 11.8 Å². The molecule has 1 aliphatic carbocycles. The molecule has 86 valence electrons. The van der Waals surface area contributed by atoms with Crippen LogP contribution in [0.15, 0.2) is 0 Å². The number of hydrogen-bond donors (Lipinski definition) is 1. The van der Waals surface area contributed by atoms with Crippen LogP contribution in [0.5, 0.6) is 0 Å². The van der Waals surface area contributed by atoms with Crippen LogP contribution in [0.2, 0.25) is 0 Å². The van der Waals surface area contributed by atoms with Crippen LogP contribution in [0, 0.1) is 11.8 Å². The number of halogens is 1. The van der Waals surface area contributed by atoms with Gasteiger partial charge in [0.2, 0.25) is 0 Å². The van der Waals surface area contributed by atoms with E-state index in [0.717, 1.165) is 17.1 Å². The molecule has 2 heterocycles. The van der Waals surface area contributed by atoms with Crippen LogP contribution in [-0.4, -0.2) is 41.0 Å². The topological polar surface area (TPSA) is 15.3 Å². The first-order valence-electron chi connectivity index (χ1n) is 5.97. The van der Waals surface area contributed by atoms with Gasteiger partial charge in [0.05, 0.1) is 0 Å². The van der Waals surface area contributed by atoms with Crippen molar-refractivity contribution in [2.45, 2.75) is 35.9 Å². The van der Waals surface area contributed by atoms with Crippen molar-refractivity contribution in [2.75, 3.05) is 19.3 Å². The van der Waals surface area contributed by atoms with E-state index in [-0.39, 0.29) is 0 Å². The van der Waals surface area contributed by atoms with Crippen molar-refractivity contribution in [3.05, 3.63) is 0 Å². The van der Waals surface area contributed by atoms with Gasteiger partial charge in [0.15, 0.2) is 0 Å². The van der Waals surface area contributed by atoms with Gasteiger partial charge in [0, 0.05) is 30.3 Å². The van der Waals surface area contributed by atoms with Crippen LogP contribution in [0.4, 0.5) is 0 Å². The summed E-state index contributed by atoms with van der Waals surface area (Å²) in [6.45, 7) is 1.22. The lowest BCUT2D eigenvalue weighted by molar-refractivity contribution is 0.218. The average molecular weight is 247 g/mol. The SMILES string of the molecule is CN1CC2CSC3CCC(Cl)CC3C2N1. The minimum atomic E-state index is 0.429. The van der Waals surface area contributed by atoms with Crippen molar-refractivity contribution < 1.29 is 0 Å². The highest BCUT2D eigenvalue weighted by Gasteiger charge is 2.45. The molecule has 0 bridgehead atoms. The molecule has 0 aromatic rings. The standard InChI is InChI=1S/C11H19ClN2S/c1-14-5-7-6-15-10-3-2-8(12)4-9(10)11(7)13-14/h7-11,13H,2-6H2,1H3. The van der Waals surface area contributed by atoms with E-state index >= 15 is 0 Å². The Balaban J connectivity index is 1.76. The number of hydrogen-bond acceptors (Lipinski definition) is 3. The molecular formula is C11H19ClN2S. The van der Waals surface area contributed by atoms with Gasteiger partial charge in [0.1, 0.15) is 0 Å². The Hall–Kier alpha value is 0.560. The fraction of sp³-hybridized carbons (Fsp3) is 1.00. The summed E-state index contributed by atoms with van der Waals surface area (Å²) in [4.78, 5) is 0. The van der Waals surface area contributed by atoms with Crippen molar-refractivity contribution in [3.63, 3.8) is 0 Å². The molecule has 0 spiro atoms. The molecule has 2 nitrogen and oxygen atoms in total. The maximum atomic E-state index is 6.31. The van der Waals surface area contributed by atoms with Crippen LogP contribution < -0.4 is 5.43 Å². The lowest BCUT2D eigenvalue weighted by atomic mass is 9.79. The highest BCUT2D eigenvalue weighted by Crippen LogP contribution is 2.45. The van der Waals surface area contributed by atoms with E-state index in [1.54, 1.807) is 0 Å². The summed E-state index contributed by atoms with van der Waals surface area (Å²) >= 11 is 8.51. The first kappa shape index (κ1) is 10.7. The summed E-state index contributed by atoms with van der Waals surface area (Å²) in [5.41, 5.74) is 3.64. The second kappa shape index (κ2) is 4.10. The molecule has 0 aromatic carbocycles. The molecule has 0 radical (unpaired) electrons. The largest absolute Gasteiger partial charge is 0.252 e. The predicted octanol–water partition coefficient (Wildman–Crippen LogP) is 1.94. The van der Waals surface area contributed by atoms with E-state index in [1.165, 1.54) is 31.6 Å². The van der Waals surface area contributed by atoms with E-state index in [4.69, 9.17) is 11.6 Å². The van der Waals surface area contributed by atoms with E-state index in [1.807, 2.05) is 0 Å². The van der Waals surface area contributed by atoms with Crippen LogP contribution in [0.1, 0.15) is 19.3 Å². The Morgan fingerprint density at radius 1 is 1.40 bits per heavy atom. The zero-order valence-electron chi connectivity index (χ0n) is 9.16. The molecule has 15 heavy (non-hydrogen) atoms. The van der Waals surface area contributed by atoms with E-state index < -0.39 is 0 Å². The third kappa shape index (κ3) is 1.92. The van der Waals surface area contributed by atoms with Crippen molar-refractivity contribution in [1.29, 1.82) is 0 Å². The Kier molecular flexibility index (Phi) is 2.92. The first-order chi connectivity index (χ1) is 7.24. The number of alkyl halides is 1. The van der Waals surface area contributed by atoms with E-state index in [2.05, 4.69) is 29.2 Å². The van der Waals surface area contributed by atoms with E-state index in [9.17, 15) is 0 Å². The second-order valence-electron chi connectivity index (χ2n) is 5.24. The fourth-order valence-electron chi connectivity index (χ4n) is 3.44. The van der Waals surface area contributed by atoms with E-state index in [0.29, 0.717) is 11.4 Å². The molecule has 3 fully saturated rings. The molecule has 5 unspecified atom stereocenters. The summed E-state index contributed by atoms with van der Waals surface area (Å²) in [5.74, 6) is 3.01. The molecule has 1 N–H and O–H groups in total. The smallest absolute Gasteiger partial charge is 0.0340 e. The minimum absolute atomic E-state index is 0.429. The Morgan fingerprint density at radius 2 is 2.27 bits per heavy atom. The number of rotatable bonds is 0. The van der Waals surface area contributed by atoms with Gasteiger partial charge < -0.3 is 0 Å². The molecule has 2 aliphatic heterocycles. The van der Waals surface area contributed by atoms with Crippen molar-refractivity contribution in [1.82, 2.24) is 10.4 Å². The molecule has 2 saturated heterocycles. The van der Waals surface area contributed by atoms with Gasteiger partial charge in [-0.1, -0.05) is 0 Å². The van der Waals surface area contributed by atoms with Crippen LogP contribution in [-0.2, 0) is 0 Å². The summed E-state index contributed by atoms with van der Waals surface area (Å²) < 4.78 is 0. The van der Waals surface area contributed by atoms with Crippen molar-refractivity contribution in [3.8, 4) is 0 Å². The van der Waals surface area contributed by atoms with Crippen LogP contribution >= 0.6 is 23.4 Å². The van der Waals surface area contributed by atoms with Gasteiger partial charge in [-0.05, 0) is 36.9 Å². The molecule has 1 saturated carbocycles. The van der Waals surface area contributed by atoms with Gasteiger partial charge in [0.25, 0.3) is 0 Å². The number of nitrogens with zero attached hydrogens (tertiary/aromatic N) is 1. The number of thioether (sulfide) groups is 1. The predicted molar refractivity (Wildman–Crippen MR) is 66.3 cm³/mol. The zero-order chi connectivity index (χ0) is 10.4. The normalized spacial score (nSPS) is 51.2. The Morgan fingerprint density at radius 3 is 3.13 bits per heavy atom. The highest BCUT2D eigenvalue weighted by atomic mass is 35.5. The molecule has 3 aliphatic rings. The Bertz CT molecular complexity index is 251. The molecule has 5 atom stereocenters. The Labute approximate surface area is 101 Å². The van der Waals surface area contributed by atoms with Crippen LogP contribution in [0.25, 0.3) is 0 Å². The highest BCUT2D eigenvalue weighted by molar-refractivity contribution is 8.00. The van der Waals surface area contributed by atoms with Gasteiger partial charge in [-0.2, -0.15) is 11.8 Å². The summed E-state index contributed by atoms with van der Waals surface area (Å²) in [7, 11) is 2.17. The number of fused-ring (bicyclic) bond motifs is 3. The first-order valence-corrected chi connectivity index (χ1v) is 7.45. The van der Waals surface area contributed by atoms with Crippen LogP contribution in [0.3, 0.4) is 0 Å². The monoisotopic (exact) mass is 246 g/mol. The summed E-state index contributed by atoms with van der Waals surface area (Å²) in [6, 6.07) is 0.711. The zero-order valence-corrected chi connectivity index (χ0v) is 10.7. The number of hydrazine groups is 1. The molecule has 3 rings (SSSR count). The maximum absolute atomic E-state index is 6.31. The van der Waals surface area contributed by atoms with Gasteiger partial charge >= 0.3 is 0 Å². The fourth-order valence-corrected chi connectivity index (χ4v) is 5.40. The maximum Gasteiger partial charge on any atom is 0.0340 e. The second-order valence-corrected chi connectivity index (χ2v) is 7.13. The lowest BCUT2D eigenvalue weighted by Gasteiger charge is -2.43. The summed E-state index contributed by atoms with van der Waals surface area (Å²) in [5, 5.41) is 3.58. The molecule has 4 heteroatoms. The third-order valence-electron chi connectivity index (χ3n) is 4.14. The third-order valence-corrected chi connectivity index (χ3v) is 6.17. The number of nitrogens with one attached hydrogen (secondary N) is 1. The quantitative estimate of drug-likeness (QED) is 0.658. The van der Waals surface area contributed by atoms with Gasteiger partial charge in [-0.3, -0.25) is 5.43 Å². The average Bonchev–Trinajstić information content (AvgIpc) is 2.58. The minimum Gasteiger partial charge on any atom is -0.252 e. The van der Waals surface area contributed by atoms with Crippen molar-refractivity contribution >= 4 is 23.4 Å². The molecule has 0 aromatic heterocycles. The van der Waals surface area contributed by atoms with Gasteiger partial charge in [-0.25, -0.2) is 5.01 Å². The molecular weight excluding hydrogens is 228 g/mol. The lowest BCUT2D eigenvalue weighted by Crippen LogP contribution is -2.49. The van der Waals surface area contributed by atoms with Gasteiger partial charge in [-0.15, -0.1) is 11.6 Å². The molecule has 0 amide bonds.